The Balaban J connectivity index is 1.59. The Morgan fingerprint density at radius 1 is 1.27 bits per heavy atom. The second kappa shape index (κ2) is 8.20. The lowest BCUT2D eigenvalue weighted by Crippen LogP contribution is -2.32. The van der Waals surface area contributed by atoms with Gasteiger partial charge in [-0.2, -0.15) is 23.5 Å². The van der Waals surface area contributed by atoms with E-state index < -0.39 is 24.0 Å². The number of ether oxygens (including phenoxy) is 1. The monoisotopic (exact) mass is 459 g/mol. The van der Waals surface area contributed by atoms with Gasteiger partial charge in [0, 0.05) is 24.4 Å². The van der Waals surface area contributed by atoms with Gasteiger partial charge in [0.15, 0.2) is 6.10 Å². The molecule has 1 aliphatic rings. The third-order valence-electron chi connectivity index (χ3n) is 5.24. The van der Waals surface area contributed by atoms with Crippen LogP contribution in [0.2, 0.25) is 0 Å². The van der Waals surface area contributed by atoms with Crippen LogP contribution >= 0.6 is 0 Å². The number of alkyl halides is 3. The van der Waals surface area contributed by atoms with Crippen LogP contribution in [0.1, 0.15) is 39.8 Å². The summed E-state index contributed by atoms with van der Waals surface area (Å²) in [5.74, 6) is -1.37. The molecule has 3 aromatic rings. The first-order chi connectivity index (χ1) is 15.6. The second-order valence-corrected chi connectivity index (χ2v) is 7.59. The van der Waals surface area contributed by atoms with Crippen molar-refractivity contribution < 1.29 is 27.1 Å². The first-order valence-electron chi connectivity index (χ1n) is 9.83. The highest BCUT2D eigenvalue weighted by Gasteiger charge is 2.39. The van der Waals surface area contributed by atoms with Crippen LogP contribution in [0.5, 0.6) is 5.75 Å². The smallest absolute Gasteiger partial charge is 0.425 e. The molecule has 1 aliphatic heterocycles. The van der Waals surface area contributed by atoms with Crippen LogP contribution in [-0.4, -0.2) is 37.9 Å². The number of aryl methyl sites for hydroxylation is 1. The van der Waals surface area contributed by atoms with E-state index in [1.807, 2.05) is 6.07 Å². The minimum Gasteiger partial charge on any atom is -0.480 e. The number of aromatic nitrogens is 3. The maximum absolute atomic E-state index is 13.6. The Hall–Kier alpha value is -3.94. The third kappa shape index (κ3) is 4.37. The summed E-state index contributed by atoms with van der Waals surface area (Å²) in [7, 11) is 0. The van der Waals surface area contributed by atoms with E-state index in [0.717, 1.165) is 13.1 Å². The van der Waals surface area contributed by atoms with Crippen molar-refractivity contribution in [2.45, 2.75) is 39.2 Å². The predicted octanol–water partition coefficient (Wildman–Crippen LogP) is 4.07. The molecule has 11 heteroatoms. The molecule has 0 fully saturated rings. The topological polar surface area (TPSA) is 84.0 Å². The second-order valence-electron chi connectivity index (χ2n) is 7.59. The van der Waals surface area contributed by atoms with Crippen LogP contribution in [0.15, 0.2) is 36.7 Å². The Morgan fingerprint density at radius 2 is 2.03 bits per heavy atom. The number of benzene rings is 1. The van der Waals surface area contributed by atoms with E-state index in [2.05, 4.69) is 10.1 Å². The standard InChI is InChI=1S/C22H17F4N5O2/c1-12-19(6-16(23)8-28-12)31-10-15-9-30(11-18(15)29-31)21(32)17-5-14(7-27)3-4-20(17)33-13(2)22(24,25)26/h3-6,8,10,13H,9,11H2,1-2H3/t13-/m0/s1. The molecule has 4 rings (SSSR count). The number of hydrogen-bond acceptors (Lipinski definition) is 5. The number of pyridine rings is 1. The molecule has 0 unspecified atom stereocenters. The van der Waals surface area contributed by atoms with Gasteiger partial charge in [0.05, 0.1) is 47.0 Å². The summed E-state index contributed by atoms with van der Waals surface area (Å²) in [5, 5.41) is 13.6. The minimum atomic E-state index is -4.62. The fourth-order valence-corrected chi connectivity index (χ4v) is 3.45. The van der Waals surface area contributed by atoms with E-state index in [9.17, 15) is 22.4 Å². The van der Waals surface area contributed by atoms with E-state index in [0.29, 0.717) is 22.6 Å². The largest absolute Gasteiger partial charge is 0.480 e. The number of amides is 1. The quantitative estimate of drug-likeness (QED) is 0.549. The lowest BCUT2D eigenvalue weighted by Gasteiger charge is -2.22. The van der Waals surface area contributed by atoms with E-state index >= 15 is 0 Å². The van der Waals surface area contributed by atoms with Crippen molar-refractivity contribution in [2.75, 3.05) is 0 Å². The number of carbonyl (C=O) groups excluding carboxylic acids is 1. The zero-order valence-corrected chi connectivity index (χ0v) is 17.5. The normalized spacial score (nSPS) is 14.0. The molecule has 0 N–H and O–H groups in total. The van der Waals surface area contributed by atoms with Crippen molar-refractivity contribution in [3.63, 3.8) is 0 Å². The Labute approximate surface area is 185 Å². The van der Waals surface area contributed by atoms with E-state index in [1.54, 1.807) is 13.1 Å². The lowest BCUT2D eigenvalue weighted by atomic mass is 10.1. The molecule has 0 aliphatic carbocycles. The molecular formula is C22H17F4N5O2. The summed E-state index contributed by atoms with van der Waals surface area (Å²) >= 11 is 0. The van der Waals surface area contributed by atoms with Crippen molar-refractivity contribution in [1.82, 2.24) is 19.7 Å². The number of hydrogen-bond donors (Lipinski definition) is 0. The van der Waals surface area contributed by atoms with Gasteiger partial charge in [0.2, 0.25) is 0 Å². The van der Waals surface area contributed by atoms with E-state index in [1.165, 1.54) is 33.8 Å². The molecule has 1 aromatic carbocycles. The van der Waals surface area contributed by atoms with Gasteiger partial charge in [-0.15, -0.1) is 0 Å². The van der Waals surface area contributed by atoms with Gasteiger partial charge >= 0.3 is 6.18 Å². The molecule has 2 aromatic heterocycles. The predicted molar refractivity (Wildman–Crippen MR) is 107 cm³/mol. The Kier molecular flexibility index (Phi) is 5.53. The molecule has 1 amide bonds. The van der Waals surface area contributed by atoms with Crippen molar-refractivity contribution in [2.24, 2.45) is 0 Å². The summed E-state index contributed by atoms with van der Waals surface area (Å²) < 4.78 is 59.0. The number of halogens is 4. The van der Waals surface area contributed by atoms with Crippen LogP contribution in [0.4, 0.5) is 17.6 Å². The minimum absolute atomic E-state index is 0.0913. The molecule has 0 saturated heterocycles. The zero-order valence-electron chi connectivity index (χ0n) is 17.5. The maximum Gasteiger partial charge on any atom is 0.425 e. The summed E-state index contributed by atoms with van der Waals surface area (Å²) in [6.45, 7) is 2.78. The number of nitriles is 1. The van der Waals surface area contributed by atoms with E-state index in [4.69, 9.17) is 10.00 Å². The Morgan fingerprint density at radius 3 is 2.70 bits per heavy atom. The highest BCUT2D eigenvalue weighted by Crippen LogP contribution is 2.31. The maximum atomic E-state index is 13.6. The highest BCUT2D eigenvalue weighted by molar-refractivity contribution is 5.97. The van der Waals surface area contributed by atoms with E-state index in [-0.39, 0.29) is 30.0 Å². The van der Waals surface area contributed by atoms with Gasteiger partial charge in [-0.25, -0.2) is 9.07 Å². The molecule has 3 heterocycles. The molecule has 1 atom stereocenters. The number of rotatable bonds is 4. The van der Waals surface area contributed by atoms with Crippen LogP contribution < -0.4 is 4.74 Å². The molecule has 33 heavy (non-hydrogen) atoms. The average molecular weight is 459 g/mol. The summed E-state index contributed by atoms with van der Waals surface area (Å²) in [4.78, 5) is 18.5. The molecular weight excluding hydrogens is 442 g/mol. The van der Waals surface area contributed by atoms with Crippen molar-refractivity contribution in [3.8, 4) is 17.5 Å². The van der Waals surface area contributed by atoms with Gasteiger partial charge in [-0.1, -0.05) is 0 Å². The summed E-state index contributed by atoms with van der Waals surface area (Å²) in [6.07, 6.45) is -4.00. The van der Waals surface area contributed by atoms with Crippen molar-refractivity contribution in [3.05, 3.63) is 70.6 Å². The number of carbonyl (C=O) groups is 1. The molecule has 0 radical (unpaired) electrons. The van der Waals surface area contributed by atoms with Crippen molar-refractivity contribution >= 4 is 5.91 Å². The first-order valence-corrected chi connectivity index (χ1v) is 9.83. The van der Waals surface area contributed by atoms with Crippen LogP contribution in [0.25, 0.3) is 5.69 Å². The number of fused-ring (bicyclic) bond motifs is 1. The van der Waals surface area contributed by atoms with Crippen LogP contribution in [0.3, 0.4) is 0 Å². The van der Waals surface area contributed by atoms with Gasteiger partial charge in [0.25, 0.3) is 5.91 Å². The average Bonchev–Trinajstić information content (AvgIpc) is 3.34. The molecule has 0 saturated carbocycles. The number of nitrogens with zero attached hydrogens (tertiary/aromatic N) is 5. The fourth-order valence-electron chi connectivity index (χ4n) is 3.45. The summed E-state index contributed by atoms with van der Waals surface area (Å²) in [5.41, 5.74) is 2.26. The van der Waals surface area contributed by atoms with Crippen molar-refractivity contribution in [1.29, 1.82) is 5.26 Å². The fraction of sp³-hybridized carbons (Fsp3) is 0.273. The van der Waals surface area contributed by atoms with Crippen LogP contribution in [-0.2, 0) is 13.1 Å². The van der Waals surface area contributed by atoms with Gasteiger partial charge in [0.1, 0.15) is 11.6 Å². The molecule has 0 bridgehead atoms. The van der Waals surface area contributed by atoms with Crippen LogP contribution in [0, 0.1) is 24.1 Å². The molecule has 170 valence electrons. The Bertz CT molecular complexity index is 1260. The third-order valence-corrected chi connectivity index (χ3v) is 5.24. The molecule has 0 spiro atoms. The van der Waals surface area contributed by atoms with Gasteiger partial charge in [-0.05, 0) is 32.0 Å². The SMILES string of the molecule is Cc1ncc(F)cc1-n1cc2c(n1)CN(C(=O)c1cc(C#N)ccc1O[C@@H](C)C(F)(F)F)C2. The summed E-state index contributed by atoms with van der Waals surface area (Å²) in [6, 6.07) is 6.84. The van der Waals surface area contributed by atoms with Gasteiger partial charge in [-0.3, -0.25) is 9.78 Å². The van der Waals surface area contributed by atoms with Gasteiger partial charge < -0.3 is 9.64 Å². The first kappa shape index (κ1) is 22.3. The highest BCUT2D eigenvalue weighted by atomic mass is 19.4. The lowest BCUT2D eigenvalue weighted by molar-refractivity contribution is -0.189. The molecule has 7 nitrogen and oxygen atoms in total. The zero-order chi connectivity index (χ0) is 23.9.